The normalized spacial score (nSPS) is 19.1. The molecule has 116 valence electrons. The van der Waals surface area contributed by atoms with Gasteiger partial charge in [0.2, 0.25) is 0 Å². The van der Waals surface area contributed by atoms with Crippen molar-refractivity contribution in [2.45, 2.75) is 38.6 Å². The van der Waals surface area contributed by atoms with Crippen molar-refractivity contribution in [1.29, 1.82) is 0 Å². The summed E-state index contributed by atoms with van der Waals surface area (Å²) < 4.78 is 5.04. The first kappa shape index (κ1) is 15.6. The Balaban J connectivity index is 2.31. The fourth-order valence-electron chi connectivity index (χ4n) is 2.82. The molecule has 1 fully saturated rings. The van der Waals surface area contributed by atoms with Crippen molar-refractivity contribution in [3.8, 4) is 0 Å². The molecule has 0 spiro atoms. The standard InChI is InChI=1S/C16H24N2O3/c1-2-21-16(20)12-7-8-14(17)15(10-12)18-9-5-3-4-6-13(18)11-19/h7-8,10,13,19H,2-6,9,11,17H2,1H3. The third kappa shape index (κ3) is 3.67. The molecule has 3 N–H and O–H groups in total. The molecule has 5 nitrogen and oxygen atoms in total. The highest BCUT2D eigenvalue weighted by Gasteiger charge is 2.23. The quantitative estimate of drug-likeness (QED) is 0.657. The molecule has 1 unspecified atom stereocenters. The lowest BCUT2D eigenvalue weighted by Crippen LogP contribution is -2.38. The van der Waals surface area contributed by atoms with Gasteiger partial charge >= 0.3 is 5.97 Å². The summed E-state index contributed by atoms with van der Waals surface area (Å²) in [5, 5.41) is 9.63. The van der Waals surface area contributed by atoms with Crippen LogP contribution in [0.4, 0.5) is 11.4 Å². The van der Waals surface area contributed by atoms with E-state index >= 15 is 0 Å². The van der Waals surface area contributed by atoms with Crippen molar-refractivity contribution in [2.24, 2.45) is 0 Å². The van der Waals surface area contributed by atoms with Gasteiger partial charge in [0.05, 0.1) is 36.2 Å². The molecule has 1 saturated heterocycles. The Labute approximate surface area is 125 Å². The highest BCUT2D eigenvalue weighted by atomic mass is 16.5. The zero-order chi connectivity index (χ0) is 15.2. The van der Waals surface area contributed by atoms with E-state index in [0.717, 1.165) is 37.9 Å². The first-order valence-electron chi connectivity index (χ1n) is 7.61. The van der Waals surface area contributed by atoms with Crippen molar-refractivity contribution < 1.29 is 14.6 Å². The van der Waals surface area contributed by atoms with E-state index in [2.05, 4.69) is 4.90 Å². The summed E-state index contributed by atoms with van der Waals surface area (Å²) in [5.74, 6) is -0.339. The largest absolute Gasteiger partial charge is 0.462 e. The number of nitrogens with zero attached hydrogens (tertiary/aromatic N) is 1. The molecule has 1 heterocycles. The maximum absolute atomic E-state index is 11.9. The first-order chi connectivity index (χ1) is 10.2. The molecule has 0 amide bonds. The molecule has 1 atom stereocenters. The Hall–Kier alpha value is -1.75. The van der Waals surface area contributed by atoms with Gasteiger partial charge in [-0.25, -0.2) is 4.79 Å². The van der Waals surface area contributed by atoms with Crippen molar-refractivity contribution in [3.63, 3.8) is 0 Å². The van der Waals surface area contributed by atoms with E-state index in [1.54, 1.807) is 25.1 Å². The highest BCUT2D eigenvalue weighted by molar-refractivity contribution is 5.92. The summed E-state index contributed by atoms with van der Waals surface area (Å²) in [7, 11) is 0. The molecule has 1 aromatic rings. The molecule has 2 rings (SSSR count). The van der Waals surface area contributed by atoms with Crippen LogP contribution in [0.5, 0.6) is 0 Å². The lowest BCUT2D eigenvalue weighted by Gasteiger charge is -2.32. The van der Waals surface area contributed by atoms with E-state index in [1.807, 2.05) is 0 Å². The Morgan fingerprint density at radius 2 is 2.24 bits per heavy atom. The number of anilines is 2. The van der Waals surface area contributed by atoms with Gasteiger partial charge in [0.1, 0.15) is 0 Å². The summed E-state index contributed by atoms with van der Waals surface area (Å²) in [4.78, 5) is 14.0. The van der Waals surface area contributed by atoms with Crippen LogP contribution in [-0.2, 0) is 4.74 Å². The van der Waals surface area contributed by atoms with Gasteiger partial charge < -0.3 is 20.5 Å². The monoisotopic (exact) mass is 292 g/mol. The Morgan fingerprint density at radius 3 is 2.95 bits per heavy atom. The van der Waals surface area contributed by atoms with E-state index in [4.69, 9.17) is 10.5 Å². The smallest absolute Gasteiger partial charge is 0.338 e. The minimum absolute atomic E-state index is 0.0623. The van der Waals surface area contributed by atoms with E-state index in [9.17, 15) is 9.90 Å². The molecule has 0 aliphatic carbocycles. The zero-order valence-electron chi connectivity index (χ0n) is 12.5. The summed E-state index contributed by atoms with van der Waals surface area (Å²) in [6, 6.07) is 5.26. The third-order valence-electron chi connectivity index (χ3n) is 3.94. The number of hydrogen-bond donors (Lipinski definition) is 2. The van der Waals surface area contributed by atoms with E-state index in [1.165, 1.54) is 0 Å². The Bertz CT molecular complexity index is 490. The summed E-state index contributed by atoms with van der Waals surface area (Å²) >= 11 is 0. The molecule has 21 heavy (non-hydrogen) atoms. The third-order valence-corrected chi connectivity index (χ3v) is 3.94. The van der Waals surface area contributed by atoms with Crippen LogP contribution in [0, 0.1) is 0 Å². The van der Waals surface area contributed by atoms with Gasteiger partial charge in [-0.05, 0) is 38.0 Å². The molecule has 1 aliphatic heterocycles. The minimum Gasteiger partial charge on any atom is -0.462 e. The van der Waals surface area contributed by atoms with Crippen LogP contribution in [0.15, 0.2) is 18.2 Å². The van der Waals surface area contributed by atoms with E-state index in [-0.39, 0.29) is 18.6 Å². The Kier molecular flexibility index (Phi) is 5.44. The number of benzene rings is 1. The number of esters is 1. The SMILES string of the molecule is CCOC(=O)c1ccc(N)c(N2CCCCCC2CO)c1. The summed E-state index contributed by atoms with van der Waals surface area (Å²) in [6.07, 6.45) is 4.28. The molecule has 1 aromatic carbocycles. The number of hydrogen-bond acceptors (Lipinski definition) is 5. The molecule has 0 bridgehead atoms. The highest BCUT2D eigenvalue weighted by Crippen LogP contribution is 2.30. The van der Waals surface area contributed by atoms with Crippen LogP contribution in [0.2, 0.25) is 0 Å². The van der Waals surface area contributed by atoms with Crippen molar-refractivity contribution >= 4 is 17.3 Å². The number of nitrogen functional groups attached to an aromatic ring is 1. The second-order valence-electron chi connectivity index (χ2n) is 5.37. The minimum atomic E-state index is -0.339. The topological polar surface area (TPSA) is 75.8 Å². The fraction of sp³-hybridized carbons (Fsp3) is 0.562. The number of carbonyl (C=O) groups is 1. The summed E-state index contributed by atoms with van der Waals surface area (Å²) in [5.41, 5.74) is 8.04. The first-order valence-corrected chi connectivity index (χ1v) is 7.61. The molecule has 0 aromatic heterocycles. The van der Waals surface area contributed by atoms with Crippen molar-refractivity contribution in [2.75, 3.05) is 30.4 Å². The summed E-state index contributed by atoms with van der Waals surface area (Å²) in [6.45, 7) is 3.08. The number of ether oxygens (including phenoxy) is 1. The lowest BCUT2D eigenvalue weighted by molar-refractivity contribution is 0.0526. The van der Waals surface area contributed by atoms with Crippen LogP contribution >= 0.6 is 0 Å². The number of rotatable bonds is 4. The fourth-order valence-corrected chi connectivity index (χ4v) is 2.82. The Morgan fingerprint density at radius 1 is 1.43 bits per heavy atom. The zero-order valence-corrected chi connectivity index (χ0v) is 12.5. The second-order valence-corrected chi connectivity index (χ2v) is 5.37. The maximum Gasteiger partial charge on any atom is 0.338 e. The molecular formula is C16H24N2O3. The van der Waals surface area contributed by atoms with Crippen LogP contribution < -0.4 is 10.6 Å². The molecular weight excluding hydrogens is 268 g/mol. The average Bonchev–Trinajstić information content (AvgIpc) is 2.73. The van der Waals surface area contributed by atoms with Crippen LogP contribution in [0.25, 0.3) is 0 Å². The maximum atomic E-state index is 11.9. The average molecular weight is 292 g/mol. The number of nitrogens with two attached hydrogens (primary N) is 1. The van der Waals surface area contributed by atoms with E-state index < -0.39 is 0 Å². The second kappa shape index (κ2) is 7.31. The number of aliphatic hydroxyl groups is 1. The van der Waals surface area contributed by atoms with Gasteiger partial charge in [-0.3, -0.25) is 0 Å². The predicted octanol–water partition coefficient (Wildman–Crippen LogP) is 2.19. The van der Waals surface area contributed by atoms with Gasteiger partial charge in [-0.2, -0.15) is 0 Å². The molecule has 1 aliphatic rings. The van der Waals surface area contributed by atoms with Gasteiger partial charge in [-0.15, -0.1) is 0 Å². The van der Waals surface area contributed by atoms with Gasteiger partial charge in [0, 0.05) is 6.54 Å². The lowest BCUT2D eigenvalue weighted by atomic mass is 10.1. The van der Waals surface area contributed by atoms with Gasteiger partial charge in [0.15, 0.2) is 0 Å². The number of carbonyl (C=O) groups excluding carboxylic acids is 1. The van der Waals surface area contributed by atoms with Gasteiger partial charge in [0.25, 0.3) is 0 Å². The predicted molar refractivity (Wildman–Crippen MR) is 83.5 cm³/mol. The van der Waals surface area contributed by atoms with Crippen LogP contribution in [0.1, 0.15) is 43.0 Å². The molecule has 0 saturated carbocycles. The molecule has 5 heteroatoms. The van der Waals surface area contributed by atoms with Crippen LogP contribution in [-0.4, -0.2) is 36.9 Å². The van der Waals surface area contributed by atoms with E-state index in [0.29, 0.717) is 17.9 Å². The van der Waals surface area contributed by atoms with Crippen molar-refractivity contribution in [1.82, 2.24) is 0 Å². The van der Waals surface area contributed by atoms with Gasteiger partial charge in [-0.1, -0.05) is 12.8 Å². The van der Waals surface area contributed by atoms with Crippen LogP contribution in [0.3, 0.4) is 0 Å². The molecule has 0 radical (unpaired) electrons. The van der Waals surface area contributed by atoms with Crippen molar-refractivity contribution in [3.05, 3.63) is 23.8 Å². The number of aliphatic hydroxyl groups excluding tert-OH is 1.